The van der Waals surface area contributed by atoms with Crippen LogP contribution < -0.4 is 5.32 Å². The van der Waals surface area contributed by atoms with Gasteiger partial charge in [0.2, 0.25) is 0 Å². The van der Waals surface area contributed by atoms with Crippen molar-refractivity contribution in [2.75, 3.05) is 6.67 Å². The van der Waals surface area contributed by atoms with Crippen molar-refractivity contribution in [3.05, 3.63) is 0 Å². The van der Waals surface area contributed by atoms with Gasteiger partial charge >= 0.3 is 0 Å². The summed E-state index contributed by atoms with van der Waals surface area (Å²) in [5.41, 5.74) is 0. The van der Waals surface area contributed by atoms with Gasteiger partial charge in [-0.25, -0.2) is 4.39 Å². The summed E-state index contributed by atoms with van der Waals surface area (Å²) in [6, 6.07) is -0.437. The Morgan fingerprint density at radius 2 is 2.40 bits per heavy atom. The largest absolute Gasteiger partial charge is 0.340 e. The van der Waals surface area contributed by atoms with Gasteiger partial charge in [0.15, 0.2) is 0 Å². The smallest absolute Gasteiger partial charge is 0.296 e. The van der Waals surface area contributed by atoms with Crippen molar-refractivity contribution in [3.63, 3.8) is 0 Å². The molecule has 56 valence electrons. The zero-order valence-electron chi connectivity index (χ0n) is 6.07. The van der Waals surface area contributed by atoms with Crippen LogP contribution in [0.5, 0.6) is 0 Å². The van der Waals surface area contributed by atoms with Crippen LogP contribution in [0.1, 0.15) is 13.8 Å². The maximum absolute atomic E-state index is 11.7. The van der Waals surface area contributed by atoms with Gasteiger partial charge in [-0.3, -0.25) is 4.79 Å². The molecule has 0 heterocycles. The summed E-state index contributed by atoms with van der Waals surface area (Å²) in [7, 11) is 0. The van der Waals surface area contributed by atoms with Gasteiger partial charge in [0, 0.05) is 0 Å². The fourth-order valence-corrected chi connectivity index (χ4v) is 0.412. The summed E-state index contributed by atoms with van der Waals surface area (Å²) in [5.74, 6) is 4.23. The zero-order valence-corrected chi connectivity index (χ0v) is 6.07. The molecule has 10 heavy (non-hydrogen) atoms. The second-order valence-electron chi connectivity index (χ2n) is 1.90. The molecule has 0 saturated carbocycles. The molecule has 0 aliphatic carbocycles. The number of rotatable bonds is 2. The lowest BCUT2D eigenvalue weighted by atomic mass is 10.4. The number of nitrogens with one attached hydrogen (secondary N) is 1. The summed E-state index contributed by atoms with van der Waals surface area (Å²) in [4.78, 5) is 10.6. The van der Waals surface area contributed by atoms with Gasteiger partial charge in [-0.05, 0) is 19.8 Å². The molecule has 0 radical (unpaired) electrons. The molecule has 0 aliphatic heterocycles. The first kappa shape index (κ1) is 8.96. The van der Waals surface area contributed by atoms with Gasteiger partial charge in [0.05, 0.1) is 6.04 Å². The molecule has 0 rings (SSSR count). The molecule has 0 spiro atoms. The van der Waals surface area contributed by atoms with Crippen molar-refractivity contribution < 1.29 is 9.18 Å². The van der Waals surface area contributed by atoms with E-state index in [9.17, 15) is 9.18 Å². The normalized spacial score (nSPS) is 11.1. The quantitative estimate of drug-likeness (QED) is 0.560. The van der Waals surface area contributed by atoms with Crippen molar-refractivity contribution >= 4 is 5.91 Å². The minimum Gasteiger partial charge on any atom is -0.340 e. The number of carbonyl (C=O) groups is 1. The lowest BCUT2D eigenvalue weighted by Gasteiger charge is -2.04. The molecule has 1 N–H and O–H groups in total. The number of amides is 1. The second kappa shape index (κ2) is 4.80. The minimum absolute atomic E-state index is 0.423. The fraction of sp³-hybridized carbons (Fsp3) is 0.571. The summed E-state index contributed by atoms with van der Waals surface area (Å²) in [5, 5.41) is 2.34. The summed E-state index contributed by atoms with van der Waals surface area (Å²) < 4.78 is 11.7. The van der Waals surface area contributed by atoms with Gasteiger partial charge in [-0.2, -0.15) is 0 Å². The second-order valence-corrected chi connectivity index (χ2v) is 1.90. The maximum Gasteiger partial charge on any atom is 0.296 e. The molecule has 0 saturated heterocycles. The number of alkyl halides is 1. The highest BCUT2D eigenvalue weighted by molar-refractivity contribution is 5.93. The first-order valence-electron chi connectivity index (χ1n) is 3.00. The first-order valence-corrected chi connectivity index (χ1v) is 3.00. The van der Waals surface area contributed by atoms with Crippen LogP contribution in [0.3, 0.4) is 0 Å². The molecule has 0 bridgehead atoms. The number of hydrogen-bond acceptors (Lipinski definition) is 1. The van der Waals surface area contributed by atoms with Crippen molar-refractivity contribution in [1.29, 1.82) is 0 Å². The third kappa shape index (κ3) is 3.90. The van der Waals surface area contributed by atoms with Crippen LogP contribution in [-0.4, -0.2) is 18.6 Å². The molecule has 0 aromatic heterocycles. The van der Waals surface area contributed by atoms with Crippen LogP contribution in [0.15, 0.2) is 0 Å². The Hall–Kier alpha value is -1.04. The van der Waals surface area contributed by atoms with Crippen molar-refractivity contribution in [1.82, 2.24) is 5.32 Å². The topological polar surface area (TPSA) is 29.1 Å². The average Bonchev–Trinajstić information content (AvgIpc) is 1.88. The molecule has 0 aliphatic rings. The van der Waals surface area contributed by atoms with E-state index in [0.717, 1.165) is 0 Å². The SMILES string of the molecule is CC#CC(=O)NC(C)CF. The predicted octanol–water partition coefficient (Wildman–Crippen LogP) is 0.484. The molecule has 1 atom stereocenters. The number of carbonyl (C=O) groups excluding carboxylic acids is 1. The maximum atomic E-state index is 11.7. The summed E-state index contributed by atoms with van der Waals surface area (Å²) >= 11 is 0. The standard InChI is InChI=1S/C7H10FNO/c1-3-4-7(10)9-6(2)5-8/h6H,5H2,1-2H3,(H,9,10). The molecule has 0 fully saturated rings. The third-order valence-corrected chi connectivity index (χ3v) is 0.847. The van der Waals surface area contributed by atoms with E-state index >= 15 is 0 Å². The van der Waals surface area contributed by atoms with Gasteiger partial charge in [0.25, 0.3) is 5.91 Å². The van der Waals surface area contributed by atoms with Crippen LogP contribution >= 0.6 is 0 Å². The van der Waals surface area contributed by atoms with Crippen LogP contribution in [0.2, 0.25) is 0 Å². The zero-order chi connectivity index (χ0) is 7.98. The fourth-order valence-electron chi connectivity index (χ4n) is 0.412. The highest BCUT2D eigenvalue weighted by Crippen LogP contribution is 1.80. The Balaban J connectivity index is 3.64. The predicted molar refractivity (Wildman–Crippen MR) is 37.0 cm³/mol. The Morgan fingerprint density at radius 3 is 2.80 bits per heavy atom. The van der Waals surface area contributed by atoms with Gasteiger partial charge in [-0.15, -0.1) is 0 Å². The van der Waals surface area contributed by atoms with Gasteiger partial charge in [0.1, 0.15) is 6.67 Å². The van der Waals surface area contributed by atoms with E-state index in [4.69, 9.17) is 0 Å². The Bertz CT molecular complexity index is 168. The minimum atomic E-state index is -0.558. The van der Waals surface area contributed by atoms with E-state index in [1.165, 1.54) is 0 Å². The van der Waals surface area contributed by atoms with E-state index < -0.39 is 18.6 Å². The van der Waals surface area contributed by atoms with Gasteiger partial charge < -0.3 is 5.32 Å². The van der Waals surface area contributed by atoms with Crippen LogP contribution in [-0.2, 0) is 4.79 Å². The lowest BCUT2D eigenvalue weighted by molar-refractivity contribution is -0.116. The highest BCUT2D eigenvalue weighted by atomic mass is 19.1. The molecule has 0 aromatic carbocycles. The van der Waals surface area contributed by atoms with Gasteiger partial charge in [-0.1, -0.05) is 5.92 Å². The number of hydrogen-bond donors (Lipinski definition) is 1. The molecule has 0 aromatic rings. The summed E-state index contributed by atoms with van der Waals surface area (Å²) in [6.07, 6.45) is 0. The first-order chi connectivity index (χ1) is 4.70. The molecule has 1 unspecified atom stereocenters. The van der Waals surface area contributed by atoms with E-state index in [1.807, 2.05) is 0 Å². The van der Waals surface area contributed by atoms with Crippen LogP contribution in [0, 0.1) is 11.8 Å². The van der Waals surface area contributed by atoms with Crippen LogP contribution in [0.25, 0.3) is 0 Å². The van der Waals surface area contributed by atoms with Crippen molar-refractivity contribution in [3.8, 4) is 11.8 Å². The van der Waals surface area contributed by atoms with Crippen molar-refractivity contribution in [2.45, 2.75) is 19.9 Å². The van der Waals surface area contributed by atoms with E-state index in [-0.39, 0.29) is 0 Å². The number of halogens is 1. The third-order valence-electron chi connectivity index (χ3n) is 0.847. The van der Waals surface area contributed by atoms with E-state index in [2.05, 4.69) is 17.2 Å². The van der Waals surface area contributed by atoms with E-state index in [1.54, 1.807) is 13.8 Å². The lowest BCUT2D eigenvalue weighted by Crippen LogP contribution is -2.32. The highest BCUT2D eigenvalue weighted by Gasteiger charge is 2.01. The molecule has 2 nitrogen and oxygen atoms in total. The molecule has 1 amide bonds. The monoisotopic (exact) mass is 143 g/mol. The molecular formula is C7H10FNO. The average molecular weight is 143 g/mol. The molecule has 3 heteroatoms. The Morgan fingerprint density at radius 1 is 1.80 bits per heavy atom. The molecular weight excluding hydrogens is 133 g/mol. The van der Waals surface area contributed by atoms with E-state index in [0.29, 0.717) is 0 Å². The summed E-state index contributed by atoms with van der Waals surface area (Å²) in [6.45, 7) is 2.58. The van der Waals surface area contributed by atoms with Crippen molar-refractivity contribution in [2.24, 2.45) is 0 Å². The Labute approximate surface area is 59.8 Å². The Kier molecular flexibility index (Phi) is 4.30. The van der Waals surface area contributed by atoms with Crippen LogP contribution in [0.4, 0.5) is 4.39 Å².